The van der Waals surface area contributed by atoms with Crippen molar-refractivity contribution < 1.29 is 19.1 Å². The van der Waals surface area contributed by atoms with Crippen LogP contribution in [-0.2, 0) is 14.3 Å². The summed E-state index contributed by atoms with van der Waals surface area (Å²) in [6.07, 6.45) is 8.66. The lowest BCUT2D eigenvalue weighted by molar-refractivity contribution is -0.139. The van der Waals surface area contributed by atoms with E-state index in [-0.39, 0.29) is 29.9 Å². The van der Waals surface area contributed by atoms with Gasteiger partial charge in [-0.25, -0.2) is 9.69 Å². The number of hydrogen-bond acceptors (Lipinski definition) is 4. The van der Waals surface area contributed by atoms with E-state index in [4.69, 9.17) is 4.74 Å². The second-order valence-electron chi connectivity index (χ2n) is 9.19. The van der Waals surface area contributed by atoms with Gasteiger partial charge in [0.25, 0.3) is 5.91 Å². The molecule has 2 heterocycles. The molecule has 136 valence electrons. The maximum absolute atomic E-state index is 13.0. The molecule has 1 unspecified atom stereocenters. The molecule has 0 radical (unpaired) electrons. The summed E-state index contributed by atoms with van der Waals surface area (Å²) in [5.41, 5.74) is 0.242. The minimum absolute atomic E-state index is 0.156. The fourth-order valence-electron chi connectivity index (χ4n) is 6.84. The Kier molecular flexibility index (Phi) is 3.41. The molecule has 4 aliphatic carbocycles. The van der Waals surface area contributed by atoms with Gasteiger partial charge in [0, 0.05) is 19.5 Å². The molecule has 0 spiro atoms. The average Bonchev–Trinajstić information content (AvgIpc) is 3.12. The maximum atomic E-state index is 13.0. The van der Waals surface area contributed by atoms with Crippen LogP contribution in [0.4, 0.5) is 4.79 Å². The van der Waals surface area contributed by atoms with Gasteiger partial charge in [-0.3, -0.25) is 9.59 Å². The number of ether oxygens (including phenoxy) is 1. The zero-order chi connectivity index (χ0) is 17.2. The number of amides is 3. The van der Waals surface area contributed by atoms with Crippen LogP contribution in [0.3, 0.4) is 0 Å². The largest absolute Gasteiger partial charge is 0.439 e. The Morgan fingerprint density at radius 1 is 1.08 bits per heavy atom. The molecule has 6 heteroatoms. The maximum Gasteiger partial charge on any atom is 0.417 e. The van der Waals surface area contributed by atoms with E-state index in [0.29, 0.717) is 25.9 Å². The first-order valence-electron chi connectivity index (χ1n) is 9.78. The topological polar surface area (TPSA) is 66.9 Å². The summed E-state index contributed by atoms with van der Waals surface area (Å²) in [4.78, 5) is 39.6. The lowest BCUT2D eigenvalue weighted by atomic mass is 9.49. The fraction of sp³-hybridized carbons (Fsp3) is 0.842. The normalized spacial score (nSPS) is 42.4. The van der Waals surface area contributed by atoms with E-state index in [1.807, 2.05) is 4.90 Å². The third-order valence-corrected chi connectivity index (χ3v) is 7.36. The van der Waals surface area contributed by atoms with Crippen LogP contribution in [0, 0.1) is 23.2 Å². The smallest absolute Gasteiger partial charge is 0.417 e. The molecule has 0 aromatic rings. The van der Waals surface area contributed by atoms with Crippen molar-refractivity contribution >= 4 is 17.9 Å². The Labute approximate surface area is 147 Å². The highest BCUT2D eigenvalue weighted by molar-refractivity contribution is 5.98. The number of likely N-dealkylation sites (tertiary alicyclic amines) is 1. The highest BCUT2D eigenvalue weighted by Gasteiger charge is 2.52. The summed E-state index contributed by atoms with van der Waals surface area (Å²) in [6.45, 7) is 0.968. The second-order valence-corrected chi connectivity index (χ2v) is 9.19. The summed E-state index contributed by atoms with van der Waals surface area (Å²) < 4.78 is 4.81. The summed E-state index contributed by atoms with van der Waals surface area (Å²) in [5, 5.41) is 0. The van der Waals surface area contributed by atoms with Gasteiger partial charge in [0.15, 0.2) is 6.61 Å². The molecule has 6 rings (SSSR count). The number of hydrogen-bond donors (Lipinski definition) is 0. The van der Waals surface area contributed by atoms with Crippen molar-refractivity contribution in [3.05, 3.63) is 0 Å². The van der Waals surface area contributed by atoms with Crippen LogP contribution in [0.2, 0.25) is 0 Å². The van der Waals surface area contributed by atoms with Crippen LogP contribution in [-0.4, -0.2) is 53.4 Å². The van der Waals surface area contributed by atoms with Crippen molar-refractivity contribution in [2.24, 2.45) is 23.2 Å². The lowest BCUT2D eigenvalue weighted by Gasteiger charge is -2.56. The SMILES string of the molecule is O=C(CC12CC3CC(CC(C3)C1)C2)N1CCC(N2C(=O)COC2=O)C1. The quantitative estimate of drug-likeness (QED) is 0.785. The van der Waals surface area contributed by atoms with E-state index in [0.717, 1.165) is 17.8 Å². The molecule has 0 N–H and O–H groups in total. The highest BCUT2D eigenvalue weighted by Crippen LogP contribution is 2.61. The molecule has 0 aromatic carbocycles. The average molecular weight is 346 g/mol. The predicted molar refractivity (Wildman–Crippen MR) is 88.4 cm³/mol. The van der Waals surface area contributed by atoms with E-state index < -0.39 is 6.09 Å². The summed E-state index contributed by atoms with van der Waals surface area (Å²) in [6, 6.07) is -0.206. The van der Waals surface area contributed by atoms with Crippen molar-refractivity contribution in [2.75, 3.05) is 19.7 Å². The number of carbonyl (C=O) groups is 3. The van der Waals surface area contributed by atoms with Gasteiger partial charge in [-0.2, -0.15) is 0 Å². The molecule has 2 saturated heterocycles. The zero-order valence-corrected chi connectivity index (χ0v) is 14.6. The molecule has 6 aliphatic rings. The molecule has 25 heavy (non-hydrogen) atoms. The molecular formula is C19H26N2O4. The summed E-state index contributed by atoms with van der Waals surface area (Å²) in [7, 11) is 0. The van der Waals surface area contributed by atoms with Crippen LogP contribution in [0.25, 0.3) is 0 Å². The standard InChI is InChI=1S/C19H26N2O4/c22-16(9-19-6-12-3-13(7-19)5-14(4-12)8-19)20-2-1-15(10-20)21-17(23)11-25-18(21)24/h12-15H,1-11H2. The summed E-state index contributed by atoms with van der Waals surface area (Å²) >= 11 is 0. The van der Waals surface area contributed by atoms with Crippen LogP contribution < -0.4 is 0 Å². The first-order valence-corrected chi connectivity index (χ1v) is 9.78. The monoisotopic (exact) mass is 346 g/mol. The minimum atomic E-state index is -0.551. The van der Waals surface area contributed by atoms with Crippen molar-refractivity contribution in [1.29, 1.82) is 0 Å². The van der Waals surface area contributed by atoms with Crippen LogP contribution >= 0.6 is 0 Å². The van der Waals surface area contributed by atoms with Crippen molar-refractivity contribution in [1.82, 2.24) is 9.80 Å². The number of imide groups is 1. The zero-order valence-electron chi connectivity index (χ0n) is 14.6. The predicted octanol–water partition coefficient (Wildman–Crippen LogP) is 2.17. The molecule has 6 fully saturated rings. The highest BCUT2D eigenvalue weighted by atomic mass is 16.6. The Morgan fingerprint density at radius 3 is 2.28 bits per heavy atom. The number of nitrogens with zero attached hydrogens (tertiary/aromatic N) is 2. The Morgan fingerprint density at radius 2 is 1.72 bits per heavy atom. The third-order valence-electron chi connectivity index (χ3n) is 7.36. The van der Waals surface area contributed by atoms with Crippen molar-refractivity contribution in [3.8, 4) is 0 Å². The molecule has 3 amide bonds. The van der Waals surface area contributed by atoms with Crippen LogP contribution in [0.1, 0.15) is 51.4 Å². The molecule has 2 aliphatic heterocycles. The second kappa shape index (κ2) is 5.45. The molecule has 4 bridgehead atoms. The van der Waals surface area contributed by atoms with Crippen LogP contribution in [0.15, 0.2) is 0 Å². The molecular weight excluding hydrogens is 320 g/mol. The van der Waals surface area contributed by atoms with E-state index in [1.54, 1.807) is 0 Å². The Bertz CT molecular complexity index is 580. The Balaban J connectivity index is 1.24. The van der Waals surface area contributed by atoms with Gasteiger partial charge in [-0.05, 0) is 68.1 Å². The summed E-state index contributed by atoms with van der Waals surface area (Å²) in [5.74, 6) is 2.50. The van der Waals surface area contributed by atoms with Gasteiger partial charge < -0.3 is 9.64 Å². The van der Waals surface area contributed by atoms with Crippen LogP contribution in [0.5, 0.6) is 0 Å². The van der Waals surface area contributed by atoms with E-state index in [1.165, 1.54) is 43.4 Å². The first kappa shape index (κ1) is 15.6. The third kappa shape index (κ3) is 2.56. The number of cyclic esters (lactones) is 1. The van der Waals surface area contributed by atoms with Crippen molar-refractivity contribution in [3.63, 3.8) is 0 Å². The minimum Gasteiger partial charge on any atom is -0.439 e. The van der Waals surface area contributed by atoms with Crippen molar-refractivity contribution in [2.45, 2.75) is 57.4 Å². The lowest BCUT2D eigenvalue weighted by Crippen LogP contribution is -2.48. The molecule has 6 nitrogen and oxygen atoms in total. The van der Waals surface area contributed by atoms with Gasteiger partial charge in [0.1, 0.15) is 0 Å². The van der Waals surface area contributed by atoms with E-state index in [2.05, 4.69) is 0 Å². The van der Waals surface area contributed by atoms with Gasteiger partial charge >= 0.3 is 6.09 Å². The van der Waals surface area contributed by atoms with Gasteiger partial charge in [-0.15, -0.1) is 0 Å². The van der Waals surface area contributed by atoms with E-state index in [9.17, 15) is 14.4 Å². The Hall–Kier alpha value is -1.59. The molecule has 0 aromatic heterocycles. The first-order chi connectivity index (χ1) is 12.0. The van der Waals surface area contributed by atoms with Gasteiger partial charge in [-0.1, -0.05) is 0 Å². The molecule has 4 saturated carbocycles. The van der Waals surface area contributed by atoms with E-state index >= 15 is 0 Å². The number of rotatable bonds is 3. The molecule has 1 atom stereocenters. The fourth-order valence-corrected chi connectivity index (χ4v) is 6.84. The van der Waals surface area contributed by atoms with Gasteiger partial charge in [0.05, 0.1) is 6.04 Å². The number of carbonyl (C=O) groups excluding carboxylic acids is 3. The van der Waals surface area contributed by atoms with Gasteiger partial charge in [0.2, 0.25) is 5.91 Å².